The van der Waals surface area contributed by atoms with Crippen molar-refractivity contribution < 1.29 is 4.92 Å². The molecule has 1 aromatic heterocycles. The maximum absolute atomic E-state index is 10.8. The lowest BCUT2D eigenvalue weighted by Gasteiger charge is -2.16. The van der Waals surface area contributed by atoms with Crippen LogP contribution in [0.2, 0.25) is 0 Å². The van der Waals surface area contributed by atoms with Gasteiger partial charge in [-0.1, -0.05) is 0 Å². The van der Waals surface area contributed by atoms with Crippen molar-refractivity contribution in [3.63, 3.8) is 0 Å². The first kappa shape index (κ1) is 12.6. The van der Waals surface area contributed by atoms with E-state index in [1.165, 1.54) is 4.90 Å². The van der Waals surface area contributed by atoms with E-state index in [1.807, 2.05) is 6.07 Å². The van der Waals surface area contributed by atoms with E-state index in [0.717, 1.165) is 6.20 Å². The Balaban J connectivity index is 3.08. The first-order valence-corrected chi connectivity index (χ1v) is 4.66. The molecule has 0 aliphatic rings. The summed E-state index contributed by atoms with van der Waals surface area (Å²) < 4.78 is 0. The third-order valence-electron chi connectivity index (χ3n) is 2.00. The summed E-state index contributed by atoms with van der Waals surface area (Å²) in [5.74, 6) is 5.33. The van der Waals surface area contributed by atoms with E-state index in [0.29, 0.717) is 6.54 Å². The number of nitrogens with one attached hydrogen (secondary N) is 1. The van der Waals surface area contributed by atoms with Gasteiger partial charge in [-0.15, -0.1) is 0 Å². The van der Waals surface area contributed by atoms with Crippen LogP contribution >= 0.6 is 0 Å². The Bertz CT molecular complexity index is 456. The largest absolute Gasteiger partial charge is 0.353 e. The monoisotopic (exact) mass is 237 g/mol. The van der Waals surface area contributed by atoms with Crippen molar-refractivity contribution in [2.24, 2.45) is 5.84 Å². The molecule has 1 rings (SSSR count). The van der Waals surface area contributed by atoms with Gasteiger partial charge in [-0.2, -0.15) is 10.2 Å². The molecule has 0 aliphatic heterocycles. The number of nitrogens with two attached hydrogens (primary N) is 1. The number of hydrogen-bond donors (Lipinski definition) is 2. The molecule has 9 nitrogen and oxygen atoms in total. The van der Waals surface area contributed by atoms with E-state index in [4.69, 9.17) is 11.1 Å². The molecule has 0 amide bonds. The Kier molecular flexibility index (Phi) is 4.13. The highest BCUT2D eigenvalue weighted by Gasteiger charge is 2.20. The Morgan fingerprint density at radius 3 is 3.00 bits per heavy atom. The van der Waals surface area contributed by atoms with Crippen molar-refractivity contribution in [2.75, 3.05) is 23.9 Å². The van der Waals surface area contributed by atoms with E-state index >= 15 is 0 Å². The van der Waals surface area contributed by atoms with Crippen molar-refractivity contribution >= 4 is 17.5 Å². The number of nitriles is 1. The molecule has 90 valence electrons. The van der Waals surface area contributed by atoms with Crippen molar-refractivity contribution in [2.45, 2.75) is 6.42 Å². The minimum absolute atomic E-state index is 0.0782. The molecule has 0 saturated carbocycles. The van der Waals surface area contributed by atoms with Gasteiger partial charge in [0.25, 0.3) is 0 Å². The van der Waals surface area contributed by atoms with Gasteiger partial charge in [0.15, 0.2) is 0 Å². The average Bonchev–Trinajstić information content (AvgIpc) is 2.34. The van der Waals surface area contributed by atoms with Crippen LogP contribution < -0.4 is 16.2 Å². The van der Waals surface area contributed by atoms with E-state index in [9.17, 15) is 10.1 Å². The topological polar surface area (TPSA) is 134 Å². The molecule has 0 saturated heterocycles. The second kappa shape index (κ2) is 5.57. The predicted octanol–water partition coefficient (Wildman–Crippen LogP) is 0.0203. The fourth-order valence-corrected chi connectivity index (χ4v) is 1.17. The number of aromatic nitrogens is 2. The molecule has 0 fully saturated rings. The Labute approximate surface area is 97.0 Å². The number of nitrogens with zero attached hydrogens (tertiary/aromatic N) is 5. The zero-order valence-corrected chi connectivity index (χ0v) is 9.12. The summed E-state index contributed by atoms with van der Waals surface area (Å²) in [6, 6.07) is 1.95. The molecule has 0 aromatic carbocycles. The number of anilines is 2. The van der Waals surface area contributed by atoms with E-state index in [1.54, 1.807) is 7.05 Å². The van der Waals surface area contributed by atoms with Gasteiger partial charge in [-0.3, -0.25) is 15.5 Å². The lowest BCUT2D eigenvalue weighted by Crippen LogP contribution is -2.22. The van der Waals surface area contributed by atoms with Crippen molar-refractivity contribution in [3.8, 4) is 6.07 Å². The smallest absolute Gasteiger partial charge is 0.329 e. The van der Waals surface area contributed by atoms with Crippen LogP contribution in [0.1, 0.15) is 6.42 Å². The first-order valence-electron chi connectivity index (χ1n) is 4.66. The third kappa shape index (κ3) is 2.99. The number of hydrazine groups is 1. The van der Waals surface area contributed by atoms with Gasteiger partial charge in [0.2, 0.25) is 11.8 Å². The first-order chi connectivity index (χ1) is 8.10. The lowest BCUT2D eigenvalue weighted by molar-refractivity contribution is -0.384. The van der Waals surface area contributed by atoms with Crippen LogP contribution in [0.25, 0.3) is 0 Å². The summed E-state index contributed by atoms with van der Waals surface area (Å²) in [5.41, 5.74) is 1.98. The maximum Gasteiger partial charge on any atom is 0.329 e. The molecule has 0 radical (unpaired) electrons. The summed E-state index contributed by atoms with van der Waals surface area (Å²) in [6.07, 6.45) is 1.31. The number of nitro groups is 1. The van der Waals surface area contributed by atoms with Crippen molar-refractivity contribution in [1.29, 1.82) is 5.26 Å². The van der Waals surface area contributed by atoms with Crippen LogP contribution in [-0.4, -0.2) is 28.5 Å². The summed E-state index contributed by atoms with van der Waals surface area (Å²) in [4.78, 5) is 19.3. The molecule has 0 unspecified atom stereocenters. The van der Waals surface area contributed by atoms with Gasteiger partial charge in [0.1, 0.15) is 6.20 Å². The second-order valence-corrected chi connectivity index (χ2v) is 3.13. The van der Waals surface area contributed by atoms with Gasteiger partial charge in [0.05, 0.1) is 17.4 Å². The third-order valence-corrected chi connectivity index (χ3v) is 2.00. The van der Waals surface area contributed by atoms with Crippen LogP contribution in [0, 0.1) is 21.4 Å². The van der Waals surface area contributed by atoms with E-state index < -0.39 is 4.92 Å². The standard InChI is InChI=1S/C8H11N7O2/c1-14(4-2-3-9)7-6(15(16)17)5-11-8(12-7)13-10/h5H,2,4,10H2,1H3,(H,11,12,13). The molecule has 0 aliphatic carbocycles. The highest BCUT2D eigenvalue weighted by atomic mass is 16.6. The molecule has 1 aromatic rings. The summed E-state index contributed by atoms with van der Waals surface area (Å²) in [6.45, 7) is 0.332. The quantitative estimate of drug-likeness (QED) is 0.415. The molecule has 17 heavy (non-hydrogen) atoms. The van der Waals surface area contributed by atoms with Gasteiger partial charge in [0, 0.05) is 13.6 Å². The minimum atomic E-state index is -0.585. The fourth-order valence-electron chi connectivity index (χ4n) is 1.17. The number of hydrogen-bond acceptors (Lipinski definition) is 8. The highest BCUT2D eigenvalue weighted by molar-refractivity contribution is 5.58. The van der Waals surface area contributed by atoms with Crippen molar-refractivity contribution in [1.82, 2.24) is 9.97 Å². The van der Waals surface area contributed by atoms with Gasteiger partial charge >= 0.3 is 5.69 Å². The Hall–Kier alpha value is -2.47. The normalized spacial score (nSPS) is 9.47. The maximum atomic E-state index is 10.8. The van der Waals surface area contributed by atoms with Crippen LogP contribution in [0.5, 0.6) is 0 Å². The van der Waals surface area contributed by atoms with Crippen LogP contribution in [0.4, 0.5) is 17.5 Å². The Morgan fingerprint density at radius 1 is 1.76 bits per heavy atom. The van der Waals surface area contributed by atoms with Crippen LogP contribution in [0.15, 0.2) is 6.20 Å². The van der Waals surface area contributed by atoms with Crippen LogP contribution in [-0.2, 0) is 0 Å². The average molecular weight is 237 g/mol. The molecule has 3 N–H and O–H groups in total. The van der Waals surface area contributed by atoms with Gasteiger partial charge in [-0.25, -0.2) is 10.8 Å². The number of rotatable bonds is 5. The SMILES string of the molecule is CN(CCC#N)c1nc(NN)ncc1[N+](=O)[O-]. The zero-order valence-electron chi connectivity index (χ0n) is 9.12. The summed E-state index contributed by atoms with van der Waals surface area (Å²) in [7, 11) is 1.60. The van der Waals surface area contributed by atoms with Gasteiger partial charge in [-0.05, 0) is 0 Å². The summed E-state index contributed by atoms with van der Waals surface area (Å²) >= 11 is 0. The summed E-state index contributed by atoms with van der Waals surface area (Å²) in [5, 5.41) is 19.2. The molecule has 9 heteroatoms. The molecular weight excluding hydrogens is 226 g/mol. The molecule has 0 spiro atoms. The molecule has 0 atom stereocenters. The van der Waals surface area contributed by atoms with E-state index in [-0.39, 0.29) is 23.9 Å². The fraction of sp³-hybridized carbons (Fsp3) is 0.375. The van der Waals surface area contributed by atoms with Crippen molar-refractivity contribution in [3.05, 3.63) is 16.3 Å². The predicted molar refractivity (Wildman–Crippen MR) is 60.0 cm³/mol. The molecule has 1 heterocycles. The molecular formula is C8H11N7O2. The highest BCUT2D eigenvalue weighted by Crippen LogP contribution is 2.24. The van der Waals surface area contributed by atoms with E-state index in [2.05, 4.69) is 15.4 Å². The second-order valence-electron chi connectivity index (χ2n) is 3.13. The minimum Gasteiger partial charge on any atom is -0.353 e. The molecule has 0 bridgehead atoms. The zero-order chi connectivity index (χ0) is 12.8. The van der Waals surface area contributed by atoms with Crippen LogP contribution in [0.3, 0.4) is 0 Å². The number of nitrogen functional groups attached to an aromatic ring is 1. The lowest BCUT2D eigenvalue weighted by atomic mass is 10.4. The Morgan fingerprint density at radius 2 is 2.47 bits per heavy atom. The van der Waals surface area contributed by atoms with Gasteiger partial charge < -0.3 is 4.90 Å².